The molecule has 1 aromatic rings. The van der Waals surface area contributed by atoms with Gasteiger partial charge < -0.3 is 11.1 Å². The minimum absolute atomic E-state index is 0.0177. The summed E-state index contributed by atoms with van der Waals surface area (Å²) in [5, 5.41) is 3.16. The second-order valence-electron chi connectivity index (χ2n) is 3.23. The number of aromatic nitrogens is 2. The predicted molar refractivity (Wildman–Crippen MR) is 63.5 cm³/mol. The predicted octanol–water partition coefficient (Wildman–Crippen LogP) is 0.891. The van der Waals surface area contributed by atoms with Crippen LogP contribution in [0.2, 0.25) is 5.28 Å². The zero-order chi connectivity index (χ0) is 11.4. The first-order chi connectivity index (χ1) is 6.99. The molecule has 0 aliphatic rings. The first-order valence-electron chi connectivity index (χ1n) is 4.33. The summed E-state index contributed by atoms with van der Waals surface area (Å²) in [6.45, 7) is 1.90. The summed E-state index contributed by atoms with van der Waals surface area (Å²) in [6, 6.07) is 0.0177. The van der Waals surface area contributed by atoms with Crippen LogP contribution in [0.1, 0.15) is 6.92 Å². The largest absolute Gasteiger partial charge is 0.394 e. The molecule has 1 rings (SSSR count). The third-order valence-electron chi connectivity index (χ3n) is 1.66. The molecule has 0 saturated heterocycles. The van der Waals surface area contributed by atoms with Gasteiger partial charge in [0.15, 0.2) is 5.82 Å². The molecule has 3 N–H and O–H groups in total. The van der Waals surface area contributed by atoms with Crippen molar-refractivity contribution in [3.05, 3.63) is 11.5 Å². The molecule has 2 atom stereocenters. The van der Waals surface area contributed by atoms with Crippen molar-refractivity contribution in [2.45, 2.75) is 13.0 Å². The number of nitrogens with two attached hydrogens (primary N) is 1. The van der Waals surface area contributed by atoms with Crippen molar-refractivity contribution in [3.63, 3.8) is 0 Å². The third-order valence-corrected chi connectivity index (χ3v) is 2.81. The van der Waals surface area contributed by atoms with Crippen LogP contribution in [0.15, 0.2) is 6.20 Å². The van der Waals surface area contributed by atoms with Gasteiger partial charge in [-0.3, -0.25) is 4.21 Å². The summed E-state index contributed by atoms with van der Waals surface area (Å²) in [4.78, 5) is 7.68. The maximum atomic E-state index is 11.0. The maximum absolute atomic E-state index is 11.0. The van der Waals surface area contributed by atoms with Gasteiger partial charge in [-0.1, -0.05) is 0 Å². The standard InChI is InChI=1S/C8H13ClN4OS/c1-5(4-15(2)14)12-7-6(10)3-11-8(9)13-7/h3,5H,4,10H2,1-2H3,(H,11,12,13). The Bertz CT molecular complexity index is 374. The molecular weight excluding hydrogens is 236 g/mol. The van der Waals surface area contributed by atoms with Crippen LogP contribution in [0.4, 0.5) is 11.5 Å². The second kappa shape index (κ2) is 5.27. The van der Waals surface area contributed by atoms with Crippen LogP contribution in [0, 0.1) is 0 Å². The van der Waals surface area contributed by atoms with E-state index in [9.17, 15) is 4.21 Å². The molecule has 0 amide bonds. The highest BCUT2D eigenvalue weighted by atomic mass is 35.5. The number of nitrogens with one attached hydrogen (secondary N) is 1. The molecule has 7 heteroatoms. The van der Waals surface area contributed by atoms with Gasteiger partial charge >= 0.3 is 0 Å². The van der Waals surface area contributed by atoms with Crippen molar-refractivity contribution in [3.8, 4) is 0 Å². The molecule has 0 aromatic carbocycles. The van der Waals surface area contributed by atoms with E-state index < -0.39 is 10.8 Å². The van der Waals surface area contributed by atoms with Gasteiger partial charge in [0.1, 0.15) is 0 Å². The lowest BCUT2D eigenvalue weighted by Crippen LogP contribution is -2.23. The first-order valence-corrected chi connectivity index (χ1v) is 6.44. The summed E-state index contributed by atoms with van der Waals surface area (Å²) in [7, 11) is -0.861. The third kappa shape index (κ3) is 4.01. The molecule has 2 unspecified atom stereocenters. The average molecular weight is 249 g/mol. The highest BCUT2D eigenvalue weighted by molar-refractivity contribution is 7.84. The molecule has 15 heavy (non-hydrogen) atoms. The Morgan fingerprint density at radius 3 is 3.00 bits per heavy atom. The number of hydrogen-bond acceptors (Lipinski definition) is 5. The van der Waals surface area contributed by atoms with Gasteiger partial charge in [-0.25, -0.2) is 4.98 Å². The van der Waals surface area contributed by atoms with Crippen molar-refractivity contribution in [1.29, 1.82) is 0 Å². The molecule has 0 radical (unpaired) electrons. The van der Waals surface area contributed by atoms with Gasteiger partial charge in [-0.15, -0.1) is 0 Å². The molecule has 0 bridgehead atoms. The fourth-order valence-corrected chi connectivity index (χ4v) is 2.03. The first kappa shape index (κ1) is 12.2. The number of hydrogen-bond donors (Lipinski definition) is 2. The lowest BCUT2D eigenvalue weighted by molar-refractivity contribution is 0.683. The van der Waals surface area contributed by atoms with Crippen LogP contribution in [0.25, 0.3) is 0 Å². The normalized spacial score (nSPS) is 14.6. The number of anilines is 2. The highest BCUT2D eigenvalue weighted by Gasteiger charge is 2.08. The molecule has 0 aliphatic carbocycles. The summed E-state index contributed by atoms with van der Waals surface area (Å²) < 4.78 is 11.0. The monoisotopic (exact) mass is 248 g/mol. The molecule has 5 nitrogen and oxygen atoms in total. The van der Waals surface area contributed by atoms with Crippen molar-refractivity contribution in [2.24, 2.45) is 0 Å². The van der Waals surface area contributed by atoms with E-state index in [1.54, 1.807) is 6.26 Å². The van der Waals surface area contributed by atoms with Crippen LogP contribution >= 0.6 is 11.6 Å². The highest BCUT2D eigenvalue weighted by Crippen LogP contribution is 2.16. The Morgan fingerprint density at radius 2 is 2.40 bits per heavy atom. The summed E-state index contributed by atoms with van der Waals surface area (Å²) in [5.41, 5.74) is 6.07. The van der Waals surface area contributed by atoms with E-state index in [1.165, 1.54) is 6.20 Å². The van der Waals surface area contributed by atoms with Gasteiger partial charge in [0.05, 0.1) is 11.9 Å². The van der Waals surface area contributed by atoms with Gasteiger partial charge in [0.25, 0.3) is 0 Å². The minimum atomic E-state index is -0.861. The van der Waals surface area contributed by atoms with Crippen LogP contribution in [0.5, 0.6) is 0 Å². The topological polar surface area (TPSA) is 80.9 Å². The van der Waals surface area contributed by atoms with E-state index in [-0.39, 0.29) is 11.3 Å². The second-order valence-corrected chi connectivity index (χ2v) is 5.05. The fourth-order valence-electron chi connectivity index (χ4n) is 1.11. The lowest BCUT2D eigenvalue weighted by Gasteiger charge is -2.14. The van der Waals surface area contributed by atoms with Crippen LogP contribution in [-0.2, 0) is 10.8 Å². The Morgan fingerprint density at radius 1 is 1.73 bits per heavy atom. The van der Waals surface area contributed by atoms with Crippen molar-refractivity contribution < 1.29 is 4.21 Å². The minimum Gasteiger partial charge on any atom is -0.394 e. The molecule has 1 heterocycles. The molecule has 84 valence electrons. The molecule has 0 saturated carbocycles. The summed E-state index contributed by atoms with van der Waals surface area (Å²) in [6.07, 6.45) is 3.09. The molecular formula is C8H13ClN4OS. The quantitative estimate of drug-likeness (QED) is 0.774. The van der Waals surface area contributed by atoms with Gasteiger partial charge in [0, 0.05) is 28.9 Å². The Kier molecular flexibility index (Phi) is 4.28. The Hall–Kier alpha value is -0.880. The smallest absolute Gasteiger partial charge is 0.224 e. The fraction of sp³-hybridized carbons (Fsp3) is 0.500. The van der Waals surface area contributed by atoms with E-state index in [2.05, 4.69) is 15.3 Å². The van der Waals surface area contributed by atoms with E-state index in [4.69, 9.17) is 17.3 Å². The van der Waals surface area contributed by atoms with E-state index in [0.29, 0.717) is 17.3 Å². The van der Waals surface area contributed by atoms with E-state index in [0.717, 1.165) is 0 Å². The van der Waals surface area contributed by atoms with Crippen LogP contribution < -0.4 is 11.1 Å². The summed E-state index contributed by atoms with van der Waals surface area (Å²) in [5.74, 6) is 1.01. The van der Waals surface area contributed by atoms with Crippen molar-refractivity contribution in [1.82, 2.24) is 9.97 Å². The van der Waals surface area contributed by atoms with Gasteiger partial charge in [-0.2, -0.15) is 4.98 Å². The Balaban J connectivity index is 2.71. The number of rotatable bonds is 4. The molecule has 0 aliphatic heterocycles. The van der Waals surface area contributed by atoms with Crippen LogP contribution in [-0.4, -0.2) is 32.2 Å². The van der Waals surface area contributed by atoms with Crippen molar-refractivity contribution >= 4 is 33.9 Å². The number of nitrogen functional groups attached to an aromatic ring is 1. The summed E-state index contributed by atoms with van der Waals surface area (Å²) >= 11 is 5.63. The van der Waals surface area contributed by atoms with Gasteiger partial charge in [-0.05, 0) is 18.5 Å². The SMILES string of the molecule is CC(CS(C)=O)Nc1nc(Cl)ncc1N. The Labute approximate surface area is 95.9 Å². The average Bonchev–Trinajstić information content (AvgIpc) is 2.10. The molecule has 0 fully saturated rings. The zero-order valence-corrected chi connectivity index (χ0v) is 10.1. The molecule has 1 aromatic heterocycles. The molecule has 0 spiro atoms. The zero-order valence-electron chi connectivity index (χ0n) is 8.53. The van der Waals surface area contributed by atoms with E-state index >= 15 is 0 Å². The number of halogens is 1. The van der Waals surface area contributed by atoms with Crippen molar-refractivity contribution in [2.75, 3.05) is 23.1 Å². The van der Waals surface area contributed by atoms with E-state index in [1.807, 2.05) is 6.92 Å². The lowest BCUT2D eigenvalue weighted by atomic mass is 10.3. The van der Waals surface area contributed by atoms with Gasteiger partial charge in [0.2, 0.25) is 5.28 Å². The number of nitrogens with zero attached hydrogens (tertiary/aromatic N) is 2. The van der Waals surface area contributed by atoms with Crippen LogP contribution in [0.3, 0.4) is 0 Å². The maximum Gasteiger partial charge on any atom is 0.224 e.